The second kappa shape index (κ2) is 8.87. The van der Waals surface area contributed by atoms with E-state index in [0.717, 1.165) is 74.0 Å². The van der Waals surface area contributed by atoms with Gasteiger partial charge in [0.25, 0.3) is 0 Å². The summed E-state index contributed by atoms with van der Waals surface area (Å²) in [5.41, 5.74) is 0.835. The Morgan fingerprint density at radius 3 is 2.25 bits per heavy atom. The van der Waals surface area contributed by atoms with Crippen molar-refractivity contribution in [2.24, 2.45) is 5.92 Å². The summed E-state index contributed by atoms with van der Waals surface area (Å²) < 4.78 is 6.41. The summed E-state index contributed by atoms with van der Waals surface area (Å²) in [5, 5.41) is 3.02. The van der Waals surface area contributed by atoms with Crippen molar-refractivity contribution in [3.8, 4) is 0 Å². The van der Waals surface area contributed by atoms with Gasteiger partial charge in [-0.15, -0.1) is 0 Å². The van der Waals surface area contributed by atoms with Gasteiger partial charge in [0, 0.05) is 48.3 Å². The highest BCUT2D eigenvalue weighted by Gasteiger charge is 2.26. The molecule has 148 valence electrons. The number of morpholine rings is 1. The first-order valence-corrected chi connectivity index (χ1v) is 10.4. The first-order valence-electron chi connectivity index (χ1n) is 9.65. The summed E-state index contributed by atoms with van der Waals surface area (Å²) in [6.45, 7) is 4.82. The number of carbonyl (C=O) groups is 1. The molecule has 0 unspecified atom stereocenters. The van der Waals surface area contributed by atoms with Crippen molar-refractivity contribution in [3.63, 3.8) is 0 Å². The Hall–Kier alpha value is -2.19. The van der Waals surface area contributed by atoms with E-state index in [0.29, 0.717) is 0 Å². The Morgan fingerprint density at radius 2 is 1.61 bits per heavy atom. The van der Waals surface area contributed by atoms with Gasteiger partial charge in [-0.1, -0.05) is 15.9 Å². The molecule has 4 rings (SSSR count). The zero-order valence-corrected chi connectivity index (χ0v) is 17.3. The van der Waals surface area contributed by atoms with Gasteiger partial charge in [0.05, 0.1) is 13.2 Å². The van der Waals surface area contributed by atoms with Gasteiger partial charge >= 0.3 is 0 Å². The van der Waals surface area contributed by atoms with Crippen molar-refractivity contribution in [2.75, 3.05) is 54.5 Å². The Kier molecular flexibility index (Phi) is 6.07. The van der Waals surface area contributed by atoms with Crippen LogP contribution < -0.4 is 15.1 Å². The van der Waals surface area contributed by atoms with Crippen LogP contribution in [0.1, 0.15) is 12.8 Å². The lowest BCUT2D eigenvalue weighted by Gasteiger charge is -2.33. The molecule has 2 saturated heterocycles. The van der Waals surface area contributed by atoms with Crippen LogP contribution in [0.2, 0.25) is 0 Å². The number of carbonyl (C=O) groups excluding carboxylic acids is 1. The number of nitrogens with zero attached hydrogens (tertiary/aromatic N) is 4. The van der Waals surface area contributed by atoms with E-state index in [2.05, 4.69) is 41.0 Å². The highest BCUT2D eigenvalue weighted by molar-refractivity contribution is 9.10. The number of hydrogen-bond acceptors (Lipinski definition) is 6. The second-order valence-corrected chi connectivity index (χ2v) is 8.01. The van der Waals surface area contributed by atoms with Crippen molar-refractivity contribution in [1.82, 2.24) is 9.97 Å². The highest BCUT2D eigenvalue weighted by atomic mass is 79.9. The van der Waals surface area contributed by atoms with Crippen LogP contribution in [0.5, 0.6) is 0 Å². The predicted molar refractivity (Wildman–Crippen MR) is 113 cm³/mol. The summed E-state index contributed by atoms with van der Waals surface area (Å²) in [4.78, 5) is 25.9. The third-order valence-corrected chi connectivity index (χ3v) is 5.80. The number of anilines is 3. The number of ether oxygens (including phenoxy) is 1. The molecule has 2 aromatic rings. The smallest absolute Gasteiger partial charge is 0.227 e. The number of halogens is 1. The fourth-order valence-corrected chi connectivity index (χ4v) is 3.89. The average molecular weight is 446 g/mol. The topological polar surface area (TPSA) is 70.6 Å². The minimum Gasteiger partial charge on any atom is -0.378 e. The molecule has 2 aliphatic rings. The van der Waals surface area contributed by atoms with Crippen LogP contribution in [0.15, 0.2) is 41.1 Å². The average Bonchev–Trinajstić information content (AvgIpc) is 2.76. The molecule has 28 heavy (non-hydrogen) atoms. The van der Waals surface area contributed by atoms with Crippen molar-refractivity contribution < 1.29 is 9.53 Å². The monoisotopic (exact) mass is 445 g/mol. The molecule has 0 aliphatic carbocycles. The first-order chi connectivity index (χ1) is 13.7. The van der Waals surface area contributed by atoms with Gasteiger partial charge in [-0.3, -0.25) is 4.79 Å². The third-order valence-electron chi connectivity index (χ3n) is 5.27. The predicted octanol–water partition coefficient (Wildman–Crippen LogP) is 2.93. The molecular weight excluding hydrogens is 422 g/mol. The maximum Gasteiger partial charge on any atom is 0.227 e. The van der Waals surface area contributed by atoms with Crippen LogP contribution in [0, 0.1) is 5.92 Å². The number of benzene rings is 1. The summed E-state index contributed by atoms with van der Waals surface area (Å²) in [7, 11) is 0. The molecule has 0 radical (unpaired) electrons. The third kappa shape index (κ3) is 4.62. The number of amides is 1. The van der Waals surface area contributed by atoms with Crippen molar-refractivity contribution in [3.05, 3.63) is 41.1 Å². The molecule has 3 heterocycles. The van der Waals surface area contributed by atoms with Crippen LogP contribution in [0.4, 0.5) is 17.3 Å². The van der Waals surface area contributed by atoms with Gasteiger partial charge < -0.3 is 19.9 Å². The van der Waals surface area contributed by atoms with E-state index >= 15 is 0 Å². The molecule has 8 heteroatoms. The molecule has 0 bridgehead atoms. The number of aromatic nitrogens is 2. The quantitative estimate of drug-likeness (QED) is 0.779. The van der Waals surface area contributed by atoms with Gasteiger partial charge in [-0.05, 0) is 37.1 Å². The molecule has 1 amide bonds. The lowest BCUT2D eigenvalue weighted by Crippen LogP contribution is -2.39. The van der Waals surface area contributed by atoms with Gasteiger partial charge in [0.15, 0.2) is 0 Å². The zero-order valence-electron chi connectivity index (χ0n) is 15.7. The molecule has 0 atom stereocenters. The molecular formula is C20H24BrN5O2. The number of rotatable bonds is 4. The number of piperidine rings is 1. The zero-order chi connectivity index (χ0) is 19.3. The Morgan fingerprint density at radius 1 is 1.00 bits per heavy atom. The molecule has 2 aliphatic heterocycles. The van der Waals surface area contributed by atoms with E-state index in [9.17, 15) is 4.79 Å². The molecule has 0 spiro atoms. The number of hydrogen-bond donors (Lipinski definition) is 1. The molecule has 1 aromatic heterocycles. The molecule has 7 nitrogen and oxygen atoms in total. The molecule has 0 saturated carbocycles. The van der Waals surface area contributed by atoms with Gasteiger partial charge in [0.2, 0.25) is 5.91 Å². The molecule has 2 fully saturated rings. The minimum absolute atomic E-state index is 0.0282. The Balaban J connectivity index is 1.33. The largest absolute Gasteiger partial charge is 0.378 e. The number of nitrogens with one attached hydrogen (secondary N) is 1. The lowest BCUT2D eigenvalue weighted by atomic mass is 9.96. The van der Waals surface area contributed by atoms with Gasteiger partial charge in [-0.2, -0.15) is 0 Å². The van der Waals surface area contributed by atoms with E-state index < -0.39 is 0 Å². The van der Waals surface area contributed by atoms with Crippen molar-refractivity contribution in [1.29, 1.82) is 0 Å². The van der Waals surface area contributed by atoms with Crippen LogP contribution >= 0.6 is 15.9 Å². The van der Waals surface area contributed by atoms with Crippen LogP contribution in [0.3, 0.4) is 0 Å². The Labute approximate surface area is 173 Å². The summed E-state index contributed by atoms with van der Waals surface area (Å²) in [6.07, 6.45) is 3.27. The normalized spacial score (nSPS) is 18.2. The maximum absolute atomic E-state index is 12.6. The standard InChI is InChI=1S/C20H24BrN5O2/c21-16-1-3-17(4-2-16)24-20(27)15-5-7-25(8-6-15)18-13-19(23-14-22-18)26-9-11-28-12-10-26/h1-4,13-15H,5-12H2,(H,24,27). The lowest BCUT2D eigenvalue weighted by molar-refractivity contribution is -0.120. The highest BCUT2D eigenvalue weighted by Crippen LogP contribution is 2.25. The van der Waals surface area contributed by atoms with Crippen molar-refractivity contribution >= 4 is 39.2 Å². The van der Waals surface area contributed by atoms with E-state index in [1.54, 1.807) is 6.33 Å². The van der Waals surface area contributed by atoms with Crippen LogP contribution in [0.25, 0.3) is 0 Å². The maximum atomic E-state index is 12.6. The van der Waals surface area contributed by atoms with Gasteiger partial charge in [0.1, 0.15) is 18.0 Å². The van der Waals surface area contributed by atoms with E-state index in [1.807, 2.05) is 30.3 Å². The summed E-state index contributed by atoms with van der Waals surface area (Å²) in [6, 6.07) is 9.72. The summed E-state index contributed by atoms with van der Waals surface area (Å²) in [5.74, 6) is 2.01. The van der Waals surface area contributed by atoms with E-state index in [-0.39, 0.29) is 11.8 Å². The van der Waals surface area contributed by atoms with Gasteiger partial charge in [-0.25, -0.2) is 9.97 Å². The van der Waals surface area contributed by atoms with E-state index in [4.69, 9.17) is 4.74 Å². The fourth-order valence-electron chi connectivity index (χ4n) is 3.62. The van der Waals surface area contributed by atoms with Crippen LogP contribution in [-0.2, 0) is 9.53 Å². The minimum atomic E-state index is 0.0282. The van der Waals surface area contributed by atoms with Crippen LogP contribution in [-0.4, -0.2) is 55.3 Å². The van der Waals surface area contributed by atoms with E-state index in [1.165, 1.54) is 0 Å². The second-order valence-electron chi connectivity index (χ2n) is 7.09. The SMILES string of the molecule is O=C(Nc1ccc(Br)cc1)C1CCN(c2cc(N3CCOCC3)ncn2)CC1. The Bertz CT molecular complexity index is 802. The van der Waals surface area contributed by atoms with Crippen molar-refractivity contribution in [2.45, 2.75) is 12.8 Å². The summed E-state index contributed by atoms with van der Waals surface area (Å²) >= 11 is 3.41. The molecule has 1 aromatic carbocycles. The molecule has 1 N–H and O–H groups in total. The fraction of sp³-hybridized carbons (Fsp3) is 0.450. The first kappa shape index (κ1) is 19.1.